The van der Waals surface area contributed by atoms with Crippen molar-refractivity contribution in [3.63, 3.8) is 0 Å². The molecule has 0 radical (unpaired) electrons. The highest BCUT2D eigenvalue weighted by molar-refractivity contribution is 5.85. The third-order valence-electron chi connectivity index (χ3n) is 21.1. The van der Waals surface area contributed by atoms with Gasteiger partial charge in [0.25, 0.3) is 5.91 Å². The Bertz CT molecular complexity index is 3470. The van der Waals surface area contributed by atoms with E-state index in [0.717, 1.165) is 0 Å². The van der Waals surface area contributed by atoms with Crippen LogP contribution in [0, 0.1) is 17.8 Å². The van der Waals surface area contributed by atoms with Crippen molar-refractivity contribution < 1.29 is 153 Å². The molecule has 39 heteroatoms. The molecule has 710 valence electrons. The summed E-state index contributed by atoms with van der Waals surface area (Å²) in [5.41, 5.74) is 0. The molecule has 3 aliphatic heterocycles. The van der Waals surface area contributed by atoms with Gasteiger partial charge in [-0.3, -0.25) is 86.3 Å². The summed E-state index contributed by atoms with van der Waals surface area (Å²) in [7, 11) is 0. The van der Waals surface area contributed by atoms with Gasteiger partial charge < -0.3 is 103 Å². The quantitative estimate of drug-likeness (QED) is 0.0257. The van der Waals surface area contributed by atoms with Crippen LogP contribution >= 0.6 is 0 Å². The van der Waals surface area contributed by atoms with E-state index in [1.165, 1.54) is 67.2 Å². The van der Waals surface area contributed by atoms with E-state index in [0.29, 0.717) is 83.5 Å². The summed E-state index contributed by atoms with van der Waals surface area (Å²) >= 11 is 0. The Hall–Kier alpha value is -9.18. The fraction of sp³-hybridized carbons (Fsp3) is 0.791. The van der Waals surface area contributed by atoms with Crippen LogP contribution in [-0.4, -0.2) is 280 Å². The van der Waals surface area contributed by atoms with E-state index in [1.54, 1.807) is 32.6 Å². The molecule has 0 aromatic rings. The zero-order valence-electron chi connectivity index (χ0n) is 75.3. The van der Waals surface area contributed by atoms with Crippen LogP contribution in [0.3, 0.4) is 0 Å². The van der Waals surface area contributed by atoms with Crippen LogP contribution in [0.15, 0.2) is 0 Å². The third kappa shape index (κ3) is 46.2. The second kappa shape index (κ2) is 61.3. The maximum absolute atomic E-state index is 14.3. The molecule has 3 fully saturated rings. The van der Waals surface area contributed by atoms with Crippen molar-refractivity contribution in [1.29, 1.82) is 0 Å². The Morgan fingerprint density at radius 2 is 0.664 bits per heavy atom. The smallest absolute Gasteiger partial charge is 0.307 e. The van der Waals surface area contributed by atoms with Gasteiger partial charge in [-0.25, -0.2) is 0 Å². The lowest BCUT2D eigenvalue weighted by Crippen LogP contribution is -2.62. The molecule has 7 amide bonds. The summed E-state index contributed by atoms with van der Waals surface area (Å²) in [5.74, 6) is -9.71. The van der Waals surface area contributed by atoms with Crippen molar-refractivity contribution in [2.75, 3.05) is 78.9 Å². The molecule has 0 saturated carbocycles. The highest BCUT2D eigenvalue weighted by Crippen LogP contribution is 2.34. The third-order valence-corrected chi connectivity index (χ3v) is 21.1. The molecule has 3 rings (SSSR count). The van der Waals surface area contributed by atoms with E-state index in [2.05, 4.69) is 26.6 Å². The number of carbonyl (C=O) groups is 18. The molecule has 16 atom stereocenters. The molecule has 7 unspecified atom stereocenters. The van der Waals surface area contributed by atoms with Gasteiger partial charge in [0.15, 0.2) is 25.0 Å². The maximum atomic E-state index is 14.3. The molecule has 39 nitrogen and oxygen atoms in total. The molecule has 0 aromatic carbocycles. The molecule has 6 N–H and O–H groups in total. The summed E-state index contributed by atoms with van der Waals surface area (Å²) in [6.45, 7) is 18.7. The number of nitrogens with zero attached hydrogens (tertiary/aromatic N) is 2. The Morgan fingerprint density at radius 3 is 0.976 bits per heavy atom. The van der Waals surface area contributed by atoms with Crippen molar-refractivity contribution in [2.45, 2.75) is 343 Å². The summed E-state index contributed by atoms with van der Waals surface area (Å²) in [6, 6.07) is -2.18. The fourth-order valence-electron chi connectivity index (χ4n) is 14.7. The lowest BCUT2D eigenvalue weighted by atomic mass is 9.88. The van der Waals surface area contributed by atoms with Crippen LogP contribution in [0.25, 0.3) is 0 Å². The van der Waals surface area contributed by atoms with Gasteiger partial charge >= 0.3 is 47.8 Å². The number of nitrogens with one attached hydrogen (secondary N) is 5. The number of carbonyl (C=O) groups excluding carboxylic acids is 17. The SMILES string of the molecule is CCC(OC(=O)CCC(=O)O)C(=O)N(CCCNC(=O)CCCCC(=O)CCCCO[C@@H]1OC(COC(C)=O)[C@H](OC(C)=O)[C@H](C)C1NC(C)=O)CCCN(CCCNC(=O)CCCCC(=O)CCCCO[C@@H]1OC(COC(C)=O)[C@H](OC(C)=O)[C@H](C)C1NC(C)=O)C(=O)CCCCC(=O)CCCCO[C@@H]1OC(COC(C)=O)[C@H](OC(C)=O)[C@H](C)C1NC(C)=O. The Balaban J connectivity index is 1.62. The van der Waals surface area contributed by atoms with Crippen molar-refractivity contribution in [1.82, 2.24) is 36.4 Å². The van der Waals surface area contributed by atoms with Crippen molar-refractivity contribution in [2.24, 2.45) is 17.8 Å². The minimum Gasteiger partial charge on any atom is -0.481 e. The first kappa shape index (κ1) is 110. The number of esters is 7. The van der Waals surface area contributed by atoms with Gasteiger partial charge in [0.1, 0.15) is 73.8 Å². The molecular formula is C86H139N7O32. The molecule has 125 heavy (non-hydrogen) atoms. The second-order valence-electron chi connectivity index (χ2n) is 32.0. The van der Waals surface area contributed by atoms with Crippen molar-refractivity contribution >= 4 is 106 Å². The zero-order chi connectivity index (χ0) is 93.1. The molecule has 3 heterocycles. The topological polar surface area (TPSA) is 514 Å². The van der Waals surface area contributed by atoms with Crippen LogP contribution in [0.2, 0.25) is 0 Å². The van der Waals surface area contributed by atoms with Crippen LogP contribution in [-0.2, 0) is 148 Å². The number of hydrogen-bond acceptors (Lipinski definition) is 31. The predicted molar refractivity (Wildman–Crippen MR) is 443 cm³/mol. The summed E-state index contributed by atoms with van der Waals surface area (Å²) in [6.07, 6.45) is -2.95. The lowest BCUT2D eigenvalue weighted by molar-refractivity contribution is -0.262. The van der Waals surface area contributed by atoms with Crippen LogP contribution in [0.5, 0.6) is 0 Å². The number of carboxylic acid groups (broad SMARTS) is 1. The maximum Gasteiger partial charge on any atom is 0.307 e. The molecule has 0 spiro atoms. The average molecular weight is 1780 g/mol. The fourth-order valence-corrected chi connectivity index (χ4v) is 14.7. The number of aliphatic carboxylic acids is 1. The van der Waals surface area contributed by atoms with Gasteiger partial charge in [0.05, 0.1) is 31.0 Å². The second-order valence-corrected chi connectivity index (χ2v) is 32.0. The Kier molecular flexibility index (Phi) is 53.9. The van der Waals surface area contributed by atoms with E-state index in [9.17, 15) is 91.4 Å². The van der Waals surface area contributed by atoms with E-state index in [4.69, 9.17) is 61.6 Å². The van der Waals surface area contributed by atoms with Gasteiger partial charge in [-0.2, -0.15) is 0 Å². The predicted octanol–water partition coefficient (Wildman–Crippen LogP) is 5.26. The largest absolute Gasteiger partial charge is 0.481 e. The summed E-state index contributed by atoms with van der Waals surface area (Å²) < 4.78 is 74.0. The average Bonchev–Trinajstić information content (AvgIpc) is 0.805. The first-order valence-electron chi connectivity index (χ1n) is 43.9. The minimum absolute atomic E-state index is 0.0117. The van der Waals surface area contributed by atoms with Gasteiger partial charge in [0, 0.05) is 197 Å². The van der Waals surface area contributed by atoms with E-state index < -0.39 is 164 Å². The minimum atomic E-state index is -1.29. The monoisotopic (exact) mass is 1780 g/mol. The van der Waals surface area contributed by atoms with E-state index in [1.807, 2.05) is 0 Å². The highest BCUT2D eigenvalue weighted by Gasteiger charge is 2.50. The summed E-state index contributed by atoms with van der Waals surface area (Å²) in [5, 5.41) is 23.4. The standard InChI is InChI=1S/C86H139N7O32/c1-14-68(122-76(111)40-39-75(109)110)83(112)93(44-28-42-88-73(107)37-19-16-31-66(104)34-22-25-48-114-85-78(90-57(6)95)54(3)81(120-63(12)101)70(124-85)51-117-60(9)98)46-29-45-92(74(108)38-20-17-32-67(105)35-23-26-49-115-86-79(91-58(7)96)55(4)82(121-64(13)102)71(125-86)52-118-61(10)99)43-27-41-87-72(106)36-18-15-30-65(103)33-21-24-47-113-84-77(89-56(5)94)53(2)80(119-62(11)100)69(123-84)50-116-59(8)97/h53-55,68-71,77-82,84-86H,14-52H2,1-13H3,(H,87,106)(H,88,107)(H,89,94)(H,90,95)(H,91,96)(H,109,110)/t53-,54-,55-,68?,69?,70?,71?,77?,78?,79?,80-,81-,82-,84-,85-,86-/m1/s1. The van der Waals surface area contributed by atoms with Crippen LogP contribution in [0.4, 0.5) is 0 Å². The lowest BCUT2D eigenvalue weighted by Gasteiger charge is -2.44. The highest BCUT2D eigenvalue weighted by atomic mass is 16.7. The normalized spacial score (nSPS) is 22.3. The zero-order valence-corrected chi connectivity index (χ0v) is 75.3. The number of unbranched alkanes of at least 4 members (excludes halogenated alkanes) is 6. The van der Waals surface area contributed by atoms with Gasteiger partial charge in [-0.1, -0.05) is 27.7 Å². The first-order valence-corrected chi connectivity index (χ1v) is 43.9. The number of hydrogen-bond donors (Lipinski definition) is 6. The molecule has 3 saturated heterocycles. The van der Waals surface area contributed by atoms with Crippen molar-refractivity contribution in [3.8, 4) is 0 Å². The number of Topliss-reactive ketones (excluding diaryl/α,β-unsaturated/α-hetero) is 3. The Labute approximate surface area is 732 Å². The van der Waals surface area contributed by atoms with Crippen molar-refractivity contribution in [3.05, 3.63) is 0 Å². The first-order chi connectivity index (χ1) is 59.3. The van der Waals surface area contributed by atoms with Crippen LogP contribution < -0.4 is 26.6 Å². The number of ether oxygens (including phenoxy) is 13. The van der Waals surface area contributed by atoms with Gasteiger partial charge in [-0.05, 0) is 103 Å². The molecule has 0 aromatic heterocycles. The number of amides is 7. The summed E-state index contributed by atoms with van der Waals surface area (Å²) in [4.78, 5) is 229. The number of ketones is 3. The van der Waals surface area contributed by atoms with Gasteiger partial charge in [-0.15, -0.1) is 0 Å². The van der Waals surface area contributed by atoms with Crippen LogP contribution in [0.1, 0.15) is 263 Å². The molecule has 0 aliphatic carbocycles. The van der Waals surface area contributed by atoms with Gasteiger partial charge in [0.2, 0.25) is 35.4 Å². The molecule has 0 bridgehead atoms. The van der Waals surface area contributed by atoms with E-state index >= 15 is 0 Å². The Morgan fingerprint density at radius 1 is 0.360 bits per heavy atom. The van der Waals surface area contributed by atoms with E-state index in [-0.39, 0.29) is 209 Å². The number of rotatable bonds is 63. The number of carboxylic acids is 1. The molecular weight excluding hydrogens is 1640 g/mol. The molecule has 3 aliphatic rings.